The molecule has 41 heavy (non-hydrogen) atoms. The molecule has 220 valence electrons. The van der Waals surface area contributed by atoms with Gasteiger partial charge in [-0.25, -0.2) is 0 Å². The number of nitrogens with zero attached hydrogens (tertiary/aromatic N) is 1. The lowest BCUT2D eigenvalue weighted by atomic mass is 9.70. The largest absolute Gasteiger partial charge is 0.494 e. The Bertz CT molecular complexity index is 1300. The Balaban J connectivity index is 1.50. The molecule has 0 aromatic heterocycles. The van der Waals surface area contributed by atoms with Crippen LogP contribution in [0.2, 0.25) is 5.02 Å². The molecule has 8 atom stereocenters. The van der Waals surface area contributed by atoms with Crippen molar-refractivity contribution in [3.63, 3.8) is 0 Å². The lowest BCUT2D eigenvalue weighted by Crippen LogP contribution is -2.56. The van der Waals surface area contributed by atoms with Crippen molar-refractivity contribution in [1.82, 2.24) is 4.90 Å². The topological polar surface area (TPSA) is 108 Å². The molecule has 0 radical (unpaired) electrons. The number of carbonyl (C=O) groups is 3. The van der Waals surface area contributed by atoms with E-state index in [9.17, 15) is 19.5 Å². The predicted octanol–water partition coefficient (Wildman–Crippen LogP) is 5.19. The predicted molar refractivity (Wildman–Crippen MR) is 166 cm³/mol. The van der Waals surface area contributed by atoms with E-state index in [0.717, 1.165) is 6.42 Å². The number of aliphatic hydroxyl groups is 1. The number of carbonyl (C=O) groups excluding carboxylic acids is 3. The van der Waals surface area contributed by atoms with Crippen molar-refractivity contribution >= 4 is 68.4 Å². The molecule has 2 bridgehead atoms. The minimum Gasteiger partial charge on any atom is -0.494 e. The summed E-state index contributed by atoms with van der Waals surface area (Å²) >= 11 is 11.4. The molecule has 2 aromatic rings. The zero-order valence-electron chi connectivity index (χ0n) is 23.2. The van der Waals surface area contributed by atoms with Crippen LogP contribution in [0.4, 0.5) is 11.4 Å². The molecule has 3 N–H and O–H groups in total. The Morgan fingerprint density at radius 1 is 1.12 bits per heavy atom. The summed E-state index contributed by atoms with van der Waals surface area (Å²) in [6.45, 7) is 6.14. The van der Waals surface area contributed by atoms with Gasteiger partial charge in [0.2, 0.25) is 17.7 Å². The molecule has 3 saturated heterocycles. The molecular weight excluding hydrogens is 630 g/mol. The van der Waals surface area contributed by atoms with Crippen molar-refractivity contribution in [2.45, 2.75) is 60.5 Å². The van der Waals surface area contributed by atoms with E-state index < -0.39 is 28.7 Å². The number of halogens is 2. The normalized spacial score (nSPS) is 29.7. The number of likely N-dealkylation sites (tertiary alicyclic amines) is 1. The van der Waals surface area contributed by atoms with Gasteiger partial charge < -0.3 is 25.4 Å². The molecule has 3 fully saturated rings. The molecule has 2 aromatic carbocycles. The number of ether oxygens (including phenoxy) is 1. The fourth-order valence-corrected chi connectivity index (χ4v) is 10.3. The van der Waals surface area contributed by atoms with Gasteiger partial charge in [0.15, 0.2) is 0 Å². The van der Waals surface area contributed by atoms with E-state index in [1.54, 1.807) is 65.2 Å². The second-order valence-electron chi connectivity index (χ2n) is 11.0. The van der Waals surface area contributed by atoms with Crippen LogP contribution >= 0.6 is 39.3 Å². The maximum atomic E-state index is 14.4. The van der Waals surface area contributed by atoms with E-state index in [0.29, 0.717) is 35.2 Å². The molecule has 11 heteroatoms. The zero-order valence-corrected chi connectivity index (χ0v) is 26.3. The number of amides is 3. The molecule has 1 spiro atoms. The van der Waals surface area contributed by atoms with Gasteiger partial charge >= 0.3 is 0 Å². The molecule has 0 saturated carbocycles. The van der Waals surface area contributed by atoms with Crippen LogP contribution in [-0.2, 0) is 14.4 Å². The van der Waals surface area contributed by atoms with Crippen LogP contribution in [0.25, 0.3) is 0 Å². The van der Waals surface area contributed by atoms with E-state index in [2.05, 4.69) is 26.6 Å². The van der Waals surface area contributed by atoms with Crippen molar-refractivity contribution in [3.05, 3.63) is 53.6 Å². The Morgan fingerprint density at radius 2 is 1.73 bits per heavy atom. The monoisotopic (exact) mass is 663 g/mol. The Morgan fingerprint density at radius 3 is 2.32 bits per heavy atom. The Labute approximate surface area is 258 Å². The number of alkyl halides is 1. The van der Waals surface area contributed by atoms with Crippen LogP contribution < -0.4 is 15.4 Å². The summed E-state index contributed by atoms with van der Waals surface area (Å²) in [5.74, 6) is -1.52. The molecule has 3 aliphatic heterocycles. The molecule has 0 aliphatic carbocycles. The highest BCUT2D eigenvalue weighted by Crippen LogP contribution is 2.68. The minimum absolute atomic E-state index is 0.0527. The van der Waals surface area contributed by atoms with Crippen molar-refractivity contribution in [2.75, 3.05) is 23.8 Å². The first-order valence-electron chi connectivity index (χ1n) is 14.0. The van der Waals surface area contributed by atoms with Crippen LogP contribution in [0.15, 0.2) is 48.5 Å². The number of thioether (sulfide) groups is 1. The van der Waals surface area contributed by atoms with Crippen molar-refractivity contribution in [1.29, 1.82) is 0 Å². The number of hydrogen-bond acceptors (Lipinski definition) is 6. The van der Waals surface area contributed by atoms with E-state index in [1.807, 2.05) is 20.8 Å². The summed E-state index contributed by atoms with van der Waals surface area (Å²) in [5, 5.41) is 16.9. The van der Waals surface area contributed by atoms with Gasteiger partial charge in [0, 0.05) is 26.5 Å². The van der Waals surface area contributed by atoms with E-state index in [1.165, 1.54) is 0 Å². The van der Waals surface area contributed by atoms with Gasteiger partial charge in [-0.05, 0) is 67.8 Å². The average Bonchev–Trinajstić information content (AvgIpc) is 3.55. The standard InChI is InChI=1S/C30H35BrClN3O5S/c1-4-16(3)22(15-36)35-26(28(38)34-18-8-6-17(32)7-9-18)30-14-21(31)25(41-30)23(24(30)29(35)39)27(37)33-19-10-12-20(13-11-19)40-5-2/h6-13,16,21-26,36H,4-5,14-15H2,1-3H3,(H,33,37)(H,34,38)/t16-,21?,22-,23-,24-,25-,26?,30?/m0/s1. The van der Waals surface area contributed by atoms with Crippen LogP contribution in [0.3, 0.4) is 0 Å². The summed E-state index contributed by atoms with van der Waals surface area (Å²) in [7, 11) is 0. The maximum absolute atomic E-state index is 14.4. The number of nitrogens with one attached hydrogen (secondary N) is 2. The van der Waals surface area contributed by atoms with Gasteiger partial charge in [-0.15, -0.1) is 11.8 Å². The summed E-state index contributed by atoms with van der Waals surface area (Å²) in [4.78, 5) is 43.9. The Kier molecular flexibility index (Phi) is 8.95. The highest BCUT2D eigenvalue weighted by Gasteiger charge is 2.76. The molecule has 3 heterocycles. The third-order valence-corrected chi connectivity index (χ3v) is 12.1. The third-order valence-electron chi connectivity index (χ3n) is 8.67. The number of hydrogen-bond donors (Lipinski definition) is 3. The maximum Gasteiger partial charge on any atom is 0.248 e. The highest BCUT2D eigenvalue weighted by atomic mass is 79.9. The van der Waals surface area contributed by atoms with Gasteiger partial charge in [-0.2, -0.15) is 0 Å². The third kappa shape index (κ3) is 5.37. The second-order valence-corrected chi connectivity index (χ2v) is 14.1. The van der Waals surface area contributed by atoms with Crippen molar-refractivity contribution < 1.29 is 24.2 Å². The first-order valence-corrected chi connectivity index (χ1v) is 16.2. The van der Waals surface area contributed by atoms with Crippen LogP contribution in [0.1, 0.15) is 33.6 Å². The average molecular weight is 665 g/mol. The van der Waals surface area contributed by atoms with Crippen molar-refractivity contribution in [2.24, 2.45) is 17.8 Å². The molecule has 3 unspecified atom stereocenters. The fraction of sp³-hybridized carbons (Fsp3) is 0.500. The molecule has 8 nitrogen and oxygen atoms in total. The summed E-state index contributed by atoms with van der Waals surface area (Å²) in [5.41, 5.74) is 1.17. The SMILES string of the molecule is CCOc1ccc(NC(=O)[C@H]2[C@H]3C(=O)N([C@@H](CO)[C@@H](C)CC)C(C(=O)Nc4ccc(Cl)cc4)C34CC(Br)[C@@H]2S4)cc1. The quantitative estimate of drug-likeness (QED) is 0.302. The van der Waals surface area contributed by atoms with E-state index in [4.69, 9.17) is 16.3 Å². The van der Waals surface area contributed by atoms with Gasteiger partial charge in [0.1, 0.15) is 11.8 Å². The zero-order chi connectivity index (χ0) is 29.5. The first-order chi connectivity index (χ1) is 19.6. The summed E-state index contributed by atoms with van der Waals surface area (Å²) in [6.07, 6.45) is 1.27. The van der Waals surface area contributed by atoms with Gasteiger partial charge in [-0.3, -0.25) is 14.4 Å². The number of fused-ring (bicyclic) bond motifs is 1. The lowest BCUT2D eigenvalue weighted by molar-refractivity contribution is -0.142. The van der Waals surface area contributed by atoms with Crippen LogP contribution in [0.5, 0.6) is 5.75 Å². The van der Waals surface area contributed by atoms with Gasteiger partial charge in [-0.1, -0.05) is 47.8 Å². The van der Waals surface area contributed by atoms with Gasteiger partial charge in [0.05, 0.1) is 35.8 Å². The number of benzene rings is 2. The minimum atomic E-state index is -0.861. The van der Waals surface area contributed by atoms with Gasteiger partial charge in [0.25, 0.3) is 0 Å². The van der Waals surface area contributed by atoms with Crippen molar-refractivity contribution in [3.8, 4) is 5.75 Å². The molecule has 5 rings (SSSR count). The van der Waals surface area contributed by atoms with Crippen LogP contribution in [-0.4, -0.2) is 67.8 Å². The van der Waals surface area contributed by atoms with Crippen LogP contribution in [0, 0.1) is 17.8 Å². The Hall–Kier alpha value is -2.27. The molecule has 3 amide bonds. The summed E-state index contributed by atoms with van der Waals surface area (Å²) in [6, 6.07) is 12.5. The first kappa shape index (κ1) is 30.2. The smallest absolute Gasteiger partial charge is 0.248 e. The molecule has 3 aliphatic rings. The number of aliphatic hydroxyl groups excluding tert-OH is 1. The highest BCUT2D eigenvalue weighted by molar-refractivity contribution is 9.09. The number of anilines is 2. The van der Waals surface area contributed by atoms with E-state index >= 15 is 0 Å². The fourth-order valence-electron chi connectivity index (χ4n) is 6.61. The van der Waals surface area contributed by atoms with E-state index in [-0.39, 0.29) is 40.3 Å². The number of rotatable bonds is 10. The second kappa shape index (κ2) is 12.1. The summed E-state index contributed by atoms with van der Waals surface area (Å²) < 4.78 is 4.68. The molecular formula is C30H35BrClN3O5S. The lowest BCUT2D eigenvalue weighted by Gasteiger charge is -2.39.